The summed E-state index contributed by atoms with van der Waals surface area (Å²) in [5.74, 6) is 1.59. The molecule has 4 rings (SSSR count). The standard InChI is InChI=1S/C18H26N6O/c1-14-6-7-21-24(14)18(25)23-10-8-22(9-11-23)17-12-16(19-13-20-17)15-4-2-3-5-15/h7,12-15H,2-6,8-11H2,1H3. The summed E-state index contributed by atoms with van der Waals surface area (Å²) >= 11 is 0. The van der Waals surface area contributed by atoms with Crippen molar-refractivity contribution in [3.63, 3.8) is 0 Å². The molecule has 1 unspecified atom stereocenters. The van der Waals surface area contributed by atoms with Crippen LogP contribution in [0.5, 0.6) is 0 Å². The van der Waals surface area contributed by atoms with Crippen molar-refractivity contribution in [3.05, 3.63) is 18.1 Å². The van der Waals surface area contributed by atoms with Gasteiger partial charge in [-0.3, -0.25) is 0 Å². The molecule has 0 aromatic carbocycles. The zero-order valence-electron chi connectivity index (χ0n) is 14.8. The third kappa shape index (κ3) is 3.32. The van der Waals surface area contributed by atoms with Crippen molar-refractivity contribution in [1.82, 2.24) is 19.9 Å². The summed E-state index contributed by atoms with van der Waals surface area (Å²) in [6.45, 7) is 5.06. The first-order valence-corrected chi connectivity index (χ1v) is 9.40. The Kier molecular flexibility index (Phi) is 4.55. The third-order valence-corrected chi connectivity index (χ3v) is 5.59. The molecular weight excluding hydrogens is 316 g/mol. The molecule has 0 N–H and O–H groups in total. The Bertz CT molecular complexity index is 649. The molecule has 1 saturated heterocycles. The Morgan fingerprint density at radius 2 is 1.88 bits per heavy atom. The van der Waals surface area contributed by atoms with Crippen molar-refractivity contribution in [2.24, 2.45) is 5.10 Å². The number of urea groups is 1. The van der Waals surface area contributed by atoms with E-state index in [1.165, 1.54) is 31.4 Å². The van der Waals surface area contributed by atoms with Crippen molar-refractivity contribution in [1.29, 1.82) is 0 Å². The maximum atomic E-state index is 12.6. The lowest BCUT2D eigenvalue weighted by molar-refractivity contribution is 0.142. The highest BCUT2D eigenvalue weighted by atomic mass is 16.2. The molecule has 2 fully saturated rings. The Labute approximate surface area is 148 Å². The summed E-state index contributed by atoms with van der Waals surface area (Å²) in [6.07, 6.45) is 9.47. The lowest BCUT2D eigenvalue weighted by Crippen LogP contribution is -2.52. The predicted octanol–water partition coefficient (Wildman–Crippen LogP) is 2.46. The summed E-state index contributed by atoms with van der Waals surface area (Å²) < 4.78 is 0. The van der Waals surface area contributed by atoms with E-state index in [1.54, 1.807) is 11.3 Å². The molecule has 0 spiro atoms. The van der Waals surface area contributed by atoms with Gasteiger partial charge in [-0.05, 0) is 19.8 Å². The molecule has 7 nitrogen and oxygen atoms in total. The third-order valence-electron chi connectivity index (χ3n) is 5.59. The molecular formula is C18H26N6O. The summed E-state index contributed by atoms with van der Waals surface area (Å²) in [5, 5.41) is 5.82. The summed E-state index contributed by atoms with van der Waals surface area (Å²) in [6, 6.07) is 2.34. The molecule has 2 amide bonds. The number of carbonyl (C=O) groups excluding carboxylic acids is 1. The minimum atomic E-state index is 0.0234. The van der Waals surface area contributed by atoms with Gasteiger partial charge in [0, 0.05) is 56.5 Å². The van der Waals surface area contributed by atoms with Gasteiger partial charge in [-0.1, -0.05) is 12.8 Å². The number of rotatable bonds is 2. The molecule has 0 bridgehead atoms. The average Bonchev–Trinajstić information content (AvgIpc) is 3.33. The Balaban J connectivity index is 1.38. The number of hydrazone groups is 1. The van der Waals surface area contributed by atoms with E-state index >= 15 is 0 Å². The fourth-order valence-corrected chi connectivity index (χ4v) is 3.99. The van der Waals surface area contributed by atoms with Crippen LogP contribution >= 0.6 is 0 Å². The van der Waals surface area contributed by atoms with Crippen LogP contribution < -0.4 is 4.90 Å². The highest BCUT2D eigenvalue weighted by Gasteiger charge is 2.30. The topological polar surface area (TPSA) is 64.9 Å². The smallest absolute Gasteiger partial charge is 0.340 e. The van der Waals surface area contributed by atoms with Gasteiger partial charge in [0.25, 0.3) is 0 Å². The maximum Gasteiger partial charge on any atom is 0.340 e. The minimum Gasteiger partial charge on any atom is -0.353 e. The molecule has 2 aliphatic heterocycles. The number of amides is 2. The monoisotopic (exact) mass is 342 g/mol. The van der Waals surface area contributed by atoms with Crippen LogP contribution in [0.3, 0.4) is 0 Å². The van der Waals surface area contributed by atoms with Crippen LogP contribution in [0.4, 0.5) is 10.6 Å². The fourth-order valence-electron chi connectivity index (χ4n) is 3.99. The van der Waals surface area contributed by atoms with Gasteiger partial charge in [0.05, 0.1) is 6.04 Å². The van der Waals surface area contributed by atoms with E-state index in [4.69, 9.17) is 0 Å². The zero-order valence-corrected chi connectivity index (χ0v) is 14.8. The molecule has 3 heterocycles. The van der Waals surface area contributed by atoms with Crippen molar-refractivity contribution in [2.45, 2.75) is 51.0 Å². The quantitative estimate of drug-likeness (QED) is 0.828. The van der Waals surface area contributed by atoms with E-state index in [9.17, 15) is 4.79 Å². The second-order valence-electron chi connectivity index (χ2n) is 7.27. The van der Waals surface area contributed by atoms with Crippen LogP contribution in [0.25, 0.3) is 0 Å². The molecule has 1 aromatic heterocycles. The number of carbonyl (C=O) groups is 1. The number of nitrogens with zero attached hydrogens (tertiary/aromatic N) is 6. The number of aromatic nitrogens is 2. The molecule has 3 aliphatic rings. The lowest BCUT2D eigenvalue weighted by atomic mass is 10.0. The van der Waals surface area contributed by atoms with Crippen molar-refractivity contribution in [3.8, 4) is 0 Å². The second kappa shape index (κ2) is 6.98. The Morgan fingerprint density at radius 3 is 2.56 bits per heavy atom. The van der Waals surface area contributed by atoms with E-state index in [-0.39, 0.29) is 12.1 Å². The molecule has 1 atom stereocenters. The molecule has 1 saturated carbocycles. The van der Waals surface area contributed by atoms with Crippen LogP contribution in [0, 0.1) is 0 Å². The van der Waals surface area contributed by atoms with Gasteiger partial charge < -0.3 is 9.80 Å². The van der Waals surface area contributed by atoms with Crippen LogP contribution in [0.1, 0.15) is 50.6 Å². The molecule has 7 heteroatoms. The molecule has 134 valence electrons. The Hall–Kier alpha value is -2.18. The maximum absolute atomic E-state index is 12.6. The lowest BCUT2D eigenvalue weighted by Gasteiger charge is -2.37. The van der Waals surface area contributed by atoms with Gasteiger partial charge in [-0.15, -0.1) is 0 Å². The summed E-state index contributed by atoms with van der Waals surface area (Å²) in [5.41, 5.74) is 1.18. The van der Waals surface area contributed by atoms with Crippen LogP contribution in [-0.2, 0) is 0 Å². The Morgan fingerprint density at radius 1 is 1.12 bits per heavy atom. The van der Waals surface area contributed by atoms with E-state index in [0.717, 1.165) is 25.3 Å². The minimum absolute atomic E-state index is 0.0234. The summed E-state index contributed by atoms with van der Waals surface area (Å²) in [7, 11) is 0. The normalized spacial score (nSPS) is 24.4. The first-order valence-electron chi connectivity index (χ1n) is 9.40. The van der Waals surface area contributed by atoms with E-state index in [1.807, 2.05) is 18.0 Å². The first kappa shape index (κ1) is 16.3. The molecule has 0 radical (unpaired) electrons. The SMILES string of the molecule is CC1CC=NN1C(=O)N1CCN(c2cc(C3CCCC3)ncn2)CC1. The molecule has 1 aromatic rings. The second-order valence-corrected chi connectivity index (χ2v) is 7.27. The molecule has 25 heavy (non-hydrogen) atoms. The van der Waals surface area contributed by atoms with Crippen molar-refractivity contribution >= 4 is 18.1 Å². The van der Waals surface area contributed by atoms with Gasteiger partial charge >= 0.3 is 6.03 Å². The molecule has 1 aliphatic carbocycles. The average molecular weight is 342 g/mol. The highest BCUT2D eigenvalue weighted by Crippen LogP contribution is 2.33. The summed E-state index contributed by atoms with van der Waals surface area (Å²) in [4.78, 5) is 25.7. The van der Waals surface area contributed by atoms with Crippen LogP contribution in [-0.4, -0.2) is 64.3 Å². The number of anilines is 1. The highest BCUT2D eigenvalue weighted by molar-refractivity contribution is 5.78. The number of hydrogen-bond donors (Lipinski definition) is 0. The van der Waals surface area contributed by atoms with E-state index in [0.29, 0.717) is 19.0 Å². The van der Waals surface area contributed by atoms with Gasteiger partial charge in [-0.2, -0.15) is 5.10 Å². The fraction of sp³-hybridized carbons (Fsp3) is 0.667. The van der Waals surface area contributed by atoms with Crippen LogP contribution in [0.2, 0.25) is 0 Å². The zero-order chi connectivity index (χ0) is 17.2. The first-order chi connectivity index (χ1) is 12.2. The van der Waals surface area contributed by atoms with Crippen molar-refractivity contribution in [2.75, 3.05) is 31.1 Å². The number of piperazine rings is 1. The van der Waals surface area contributed by atoms with Gasteiger partial charge in [0.15, 0.2) is 0 Å². The largest absolute Gasteiger partial charge is 0.353 e. The van der Waals surface area contributed by atoms with Gasteiger partial charge in [-0.25, -0.2) is 19.8 Å². The van der Waals surface area contributed by atoms with Gasteiger partial charge in [0.2, 0.25) is 0 Å². The predicted molar refractivity (Wildman–Crippen MR) is 96.8 cm³/mol. The van der Waals surface area contributed by atoms with Gasteiger partial charge in [0.1, 0.15) is 12.1 Å². The van der Waals surface area contributed by atoms with E-state index < -0.39 is 0 Å². The van der Waals surface area contributed by atoms with Crippen LogP contribution in [0.15, 0.2) is 17.5 Å². The van der Waals surface area contributed by atoms with Crippen molar-refractivity contribution < 1.29 is 4.79 Å². The van der Waals surface area contributed by atoms with E-state index in [2.05, 4.69) is 26.0 Å². The number of hydrogen-bond acceptors (Lipinski definition) is 5.